The average molecular weight is 295 g/mol. The molecule has 0 saturated carbocycles. The van der Waals surface area contributed by atoms with Crippen LogP contribution in [-0.4, -0.2) is 18.6 Å². The van der Waals surface area contributed by atoms with E-state index in [4.69, 9.17) is 4.74 Å². The lowest BCUT2D eigenvalue weighted by Gasteiger charge is -2.36. The zero-order valence-corrected chi connectivity index (χ0v) is 13.6. The number of ether oxygens (including phenoxy) is 1. The second kappa shape index (κ2) is 7.43. The van der Waals surface area contributed by atoms with Gasteiger partial charge in [0.25, 0.3) is 0 Å². The van der Waals surface area contributed by atoms with Gasteiger partial charge in [0.2, 0.25) is 0 Å². The Morgan fingerprint density at radius 1 is 1.14 bits per heavy atom. The number of rotatable bonds is 7. The predicted molar refractivity (Wildman–Crippen MR) is 83.7 cm³/mol. The summed E-state index contributed by atoms with van der Waals surface area (Å²) in [6.07, 6.45) is 1.32. The highest BCUT2D eigenvalue weighted by Crippen LogP contribution is 2.30. The molecule has 0 aromatic heterocycles. The molecule has 0 heterocycles. The van der Waals surface area contributed by atoms with Gasteiger partial charge in [0.05, 0.1) is 7.11 Å². The van der Waals surface area contributed by atoms with Crippen molar-refractivity contribution in [2.45, 2.75) is 46.1 Å². The van der Waals surface area contributed by atoms with Crippen LogP contribution in [0, 0.1) is 17.7 Å². The number of hydrogen-bond acceptors (Lipinski definition) is 3. The highest BCUT2D eigenvalue weighted by atomic mass is 19.1. The molecule has 0 saturated heterocycles. The van der Waals surface area contributed by atoms with Crippen molar-refractivity contribution in [3.05, 3.63) is 30.1 Å². The summed E-state index contributed by atoms with van der Waals surface area (Å²) < 4.78 is 18.1. The number of carbonyl (C=O) groups is 1. The van der Waals surface area contributed by atoms with E-state index in [1.807, 2.05) is 0 Å². The normalized spacial score (nSPS) is 11.8. The molecule has 0 unspecified atom stereocenters. The molecule has 21 heavy (non-hydrogen) atoms. The topological polar surface area (TPSA) is 38.3 Å². The van der Waals surface area contributed by atoms with Crippen LogP contribution in [0.3, 0.4) is 0 Å². The van der Waals surface area contributed by atoms with Crippen molar-refractivity contribution in [3.8, 4) is 0 Å². The van der Waals surface area contributed by atoms with E-state index in [9.17, 15) is 9.18 Å². The number of benzene rings is 1. The summed E-state index contributed by atoms with van der Waals surface area (Å²) in [7, 11) is 1.41. The highest BCUT2D eigenvalue weighted by molar-refractivity contribution is 5.84. The third kappa shape index (κ3) is 5.03. The molecule has 118 valence electrons. The molecule has 3 nitrogen and oxygen atoms in total. The van der Waals surface area contributed by atoms with Gasteiger partial charge in [-0.05, 0) is 48.9 Å². The van der Waals surface area contributed by atoms with Gasteiger partial charge in [-0.1, -0.05) is 27.7 Å². The molecule has 1 N–H and O–H groups in total. The molecule has 1 aromatic carbocycles. The molecule has 1 rings (SSSR count). The van der Waals surface area contributed by atoms with Gasteiger partial charge < -0.3 is 10.1 Å². The van der Waals surface area contributed by atoms with Gasteiger partial charge in [0.1, 0.15) is 11.4 Å². The summed E-state index contributed by atoms with van der Waals surface area (Å²) in [5, 5.41) is 3.29. The summed E-state index contributed by atoms with van der Waals surface area (Å²) in [6, 6.07) is 6.06. The Balaban J connectivity index is 3.13. The molecule has 0 fully saturated rings. The van der Waals surface area contributed by atoms with Crippen molar-refractivity contribution in [1.82, 2.24) is 0 Å². The smallest absolute Gasteiger partial charge is 0.331 e. The second-order valence-electron chi connectivity index (χ2n) is 6.40. The summed E-state index contributed by atoms with van der Waals surface area (Å²) in [6.45, 7) is 8.30. The Hall–Kier alpha value is -1.58. The van der Waals surface area contributed by atoms with Gasteiger partial charge in [-0.3, -0.25) is 0 Å². The van der Waals surface area contributed by atoms with E-state index in [0.29, 0.717) is 24.7 Å². The Morgan fingerprint density at radius 3 is 2.00 bits per heavy atom. The molecule has 0 aliphatic heterocycles. The first-order valence-electron chi connectivity index (χ1n) is 7.41. The molecular formula is C17H26FNO2. The largest absolute Gasteiger partial charge is 0.467 e. The van der Waals surface area contributed by atoms with Crippen molar-refractivity contribution in [2.75, 3.05) is 12.4 Å². The van der Waals surface area contributed by atoms with Gasteiger partial charge in [-0.2, -0.15) is 0 Å². The molecule has 0 radical (unpaired) electrons. The number of methoxy groups -OCH3 is 1. The lowest BCUT2D eigenvalue weighted by atomic mass is 9.81. The van der Waals surface area contributed by atoms with Crippen LogP contribution < -0.4 is 5.32 Å². The first kappa shape index (κ1) is 17.5. The minimum absolute atomic E-state index is 0.269. The van der Waals surface area contributed by atoms with E-state index in [1.165, 1.54) is 19.2 Å². The van der Waals surface area contributed by atoms with E-state index in [-0.39, 0.29) is 11.8 Å². The number of halogens is 1. The molecule has 0 amide bonds. The fourth-order valence-corrected chi connectivity index (χ4v) is 2.80. The van der Waals surface area contributed by atoms with Crippen molar-refractivity contribution in [1.29, 1.82) is 0 Å². The summed E-state index contributed by atoms with van der Waals surface area (Å²) in [5.41, 5.74) is -0.0577. The van der Waals surface area contributed by atoms with Crippen molar-refractivity contribution in [2.24, 2.45) is 11.8 Å². The van der Waals surface area contributed by atoms with Crippen LogP contribution in [-0.2, 0) is 9.53 Å². The van der Waals surface area contributed by atoms with Gasteiger partial charge >= 0.3 is 5.97 Å². The van der Waals surface area contributed by atoms with E-state index in [1.54, 1.807) is 12.1 Å². The Labute approximate surface area is 126 Å². The maximum absolute atomic E-state index is 13.0. The first-order chi connectivity index (χ1) is 9.79. The van der Waals surface area contributed by atoms with E-state index >= 15 is 0 Å². The quantitative estimate of drug-likeness (QED) is 0.765. The maximum atomic E-state index is 13.0. The Kier molecular flexibility index (Phi) is 6.19. The Morgan fingerprint density at radius 2 is 1.62 bits per heavy atom. The predicted octanol–water partition coefficient (Wildman–Crippen LogP) is 4.24. The summed E-state index contributed by atoms with van der Waals surface area (Å²) in [4.78, 5) is 12.4. The Bertz CT molecular complexity index is 444. The molecule has 0 aliphatic rings. The fourth-order valence-electron chi connectivity index (χ4n) is 2.80. The lowest BCUT2D eigenvalue weighted by molar-refractivity contribution is -0.147. The van der Waals surface area contributed by atoms with Gasteiger partial charge in [0, 0.05) is 5.69 Å². The third-order valence-corrected chi connectivity index (χ3v) is 3.32. The van der Waals surface area contributed by atoms with Crippen LogP contribution in [0.2, 0.25) is 0 Å². The number of hydrogen-bond donors (Lipinski definition) is 1. The van der Waals surface area contributed by atoms with E-state index in [2.05, 4.69) is 33.0 Å². The zero-order valence-electron chi connectivity index (χ0n) is 13.6. The second-order valence-corrected chi connectivity index (χ2v) is 6.40. The van der Waals surface area contributed by atoms with E-state index in [0.717, 1.165) is 5.69 Å². The zero-order chi connectivity index (χ0) is 16.0. The van der Waals surface area contributed by atoms with Crippen LogP contribution in [0.4, 0.5) is 10.1 Å². The number of esters is 1. The van der Waals surface area contributed by atoms with Crippen molar-refractivity contribution >= 4 is 11.7 Å². The lowest BCUT2D eigenvalue weighted by Crippen LogP contribution is -2.49. The van der Waals surface area contributed by atoms with Crippen molar-refractivity contribution < 1.29 is 13.9 Å². The monoisotopic (exact) mass is 295 g/mol. The molecular weight excluding hydrogens is 269 g/mol. The first-order valence-corrected chi connectivity index (χ1v) is 7.41. The SMILES string of the molecule is COC(=O)C(CC(C)C)(CC(C)C)Nc1ccc(F)cc1. The minimum atomic E-state index is -0.783. The van der Waals surface area contributed by atoms with Gasteiger partial charge in [0.15, 0.2) is 0 Å². The van der Waals surface area contributed by atoms with Crippen LogP contribution in [0.5, 0.6) is 0 Å². The maximum Gasteiger partial charge on any atom is 0.331 e. The number of carbonyl (C=O) groups excluding carboxylic acids is 1. The molecule has 0 spiro atoms. The molecule has 0 aliphatic carbocycles. The minimum Gasteiger partial charge on any atom is -0.467 e. The molecule has 0 bridgehead atoms. The molecule has 1 aromatic rings. The van der Waals surface area contributed by atoms with Crippen molar-refractivity contribution in [3.63, 3.8) is 0 Å². The summed E-state index contributed by atoms with van der Waals surface area (Å²) in [5.74, 6) is 0.0951. The van der Waals surface area contributed by atoms with E-state index < -0.39 is 5.54 Å². The van der Waals surface area contributed by atoms with Crippen LogP contribution in [0.25, 0.3) is 0 Å². The average Bonchev–Trinajstić information content (AvgIpc) is 2.38. The van der Waals surface area contributed by atoms with Crippen LogP contribution in [0.15, 0.2) is 24.3 Å². The third-order valence-electron chi connectivity index (χ3n) is 3.32. The standard InChI is InChI=1S/C17H26FNO2/c1-12(2)10-17(11-13(3)4,16(20)21-5)19-15-8-6-14(18)7-9-15/h6-9,12-13,19H,10-11H2,1-5H3. The highest BCUT2D eigenvalue weighted by Gasteiger charge is 2.40. The molecule has 0 atom stereocenters. The van der Waals surface area contributed by atoms with Crippen LogP contribution in [0.1, 0.15) is 40.5 Å². The van der Waals surface area contributed by atoms with Gasteiger partial charge in [-0.25, -0.2) is 9.18 Å². The molecule has 4 heteroatoms. The fraction of sp³-hybridized carbons (Fsp3) is 0.588. The number of anilines is 1. The van der Waals surface area contributed by atoms with Crippen LogP contribution >= 0.6 is 0 Å². The summed E-state index contributed by atoms with van der Waals surface area (Å²) >= 11 is 0. The number of nitrogens with one attached hydrogen (secondary N) is 1. The van der Waals surface area contributed by atoms with Gasteiger partial charge in [-0.15, -0.1) is 0 Å².